The maximum Gasteiger partial charge on any atom is 0.322 e. The highest BCUT2D eigenvalue weighted by molar-refractivity contribution is 7.98. The van der Waals surface area contributed by atoms with Crippen LogP contribution in [0.5, 0.6) is 0 Å². The number of aliphatic hydroxyl groups is 2. The van der Waals surface area contributed by atoms with Gasteiger partial charge in [0.25, 0.3) is 0 Å². The number of aliphatic hydroxyl groups excluding tert-OH is 2. The number of carboxylic acid groups (broad SMARTS) is 3. The lowest BCUT2D eigenvalue weighted by molar-refractivity contribution is -0.144. The van der Waals surface area contributed by atoms with Gasteiger partial charge in [0.05, 0.1) is 19.3 Å². The van der Waals surface area contributed by atoms with Crippen LogP contribution < -0.4 is 63.8 Å². The lowest BCUT2D eigenvalue weighted by Crippen LogP contribution is -2.62. The fourth-order valence-corrected chi connectivity index (χ4v) is 10.9. The summed E-state index contributed by atoms with van der Waals surface area (Å²) in [6.07, 6.45) is 1.81. The van der Waals surface area contributed by atoms with Crippen LogP contribution in [0, 0.1) is 17.8 Å². The summed E-state index contributed by atoms with van der Waals surface area (Å²) in [5, 5.41) is 78.3. The number of carbonyl (C=O) groups is 15. The van der Waals surface area contributed by atoms with E-state index in [1.165, 1.54) is 23.6 Å². The van der Waals surface area contributed by atoms with Gasteiger partial charge in [0.2, 0.25) is 70.9 Å². The second-order valence-corrected chi connectivity index (χ2v) is 25.5. The number of rotatable bonds is 42. The second-order valence-electron chi connectivity index (χ2n) is 24.5. The molecule has 0 aromatic heterocycles. The van der Waals surface area contributed by atoms with E-state index in [2.05, 4.69) is 58.5 Å². The van der Waals surface area contributed by atoms with E-state index < -0.39 is 212 Å². The number of aliphatic carboxylic acids is 3. The monoisotopic (exact) mass is 1380 g/mol. The van der Waals surface area contributed by atoms with Gasteiger partial charge in [-0.25, -0.2) is 0 Å². The topological polar surface area (TPSA) is 505 Å². The summed E-state index contributed by atoms with van der Waals surface area (Å²) in [5.41, 5.74) is 0.537. The van der Waals surface area contributed by atoms with Crippen molar-refractivity contribution >= 4 is 101 Å². The Kier molecular flexibility index (Phi) is 35.3. The first kappa shape index (κ1) is 81.7. The molecule has 1 aromatic rings. The molecule has 13 atom stereocenters. The Bertz CT molecular complexity index is 2870. The van der Waals surface area contributed by atoms with E-state index in [4.69, 9.17) is 10.2 Å². The van der Waals surface area contributed by atoms with Crippen LogP contribution >= 0.6 is 11.8 Å². The SMILES string of the molecule is CC[C@H](C)[C@H](NC(=O)[C@@H](NC(=O)[C@H](CCC(=O)O)NC(=O)[C@@H]1CCCN1)C(C)C)C(=O)N1CCC[C@H]1C(=O)N[C@@H](CCSC)C(=O)N[C@@H](Cc1ccccc1)C(=O)N[C@@H](CO)C(=O)N[C@@H](C)C(=O)N[C@@H](CC(C)C)C(=O)N[C@@H](CO)C(=O)N[C@@H](CCC(=O)O)C(=O)NCC(=O)O. The number of likely N-dealkylation sites (tertiary alicyclic amines) is 1. The minimum Gasteiger partial charge on any atom is -0.481 e. The average Bonchev–Trinajstić information content (AvgIpc) is 1.58. The van der Waals surface area contributed by atoms with E-state index in [0.29, 0.717) is 37.1 Å². The Hall–Kier alpha value is -8.50. The van der Waals surface area contributed by atoms with Crippen LogP contribution in [0.25, 0.3) is 0 Å². The molecule has 0 radical (unpaired) electrons. The van der Waals surface area contributed by atoms with Crippen LogP contribution in [0.2, 0.25) is 0 Å². The quantitative estimate of drug-likeness (QED) is 0.0299. The molecule has 96 heavy (non-hydrogen) atoms. The van der Waals surface area contributed by atoms with E-state index in [-0.39, 0.29) is 44.6 Å². The highest BCUT2D eigenvalue weighted by Gasteiger charge is 2.43. The number of carbonyl (C=O) groups excluding carboxylic acids is 12. The molecule has 1 aromatic carbocycles. The van der Waals surface area contributed by atoms with Crippen molar-refractivity contribution in [2.75, 3.05) is 44.9 Å². The van der Waals surface area contributed by atoms with Gasteiger partial charge >= 0.3 is 17.9 Å². The highest BCUT2D eigenvalue weighted by atomic mass is 32.2. The van der Waals surface area contributed by atoms with Crippen LogP contribution in [0.1, 0.15) is 125 Å². The standard InChI is InChI=1S/C62H97N13O20S/c1-9-34(6)50(74-61(94)49(33(4)5)73-55(88)39(20-22-47(80)81)67-53(86)37-17-13-24-63-37)62(95)75-25-14-18-45(75)60(93)68-40(23-26-96-8)54(87)70-42(28-36-15-11-10-12-16-36)57(90)71-43(30-76)58(91)65-35(7)51(84)69-41(27-32(2)3)56(89)72-44(31-77)59(92)66-38(19-21-46(78)79)52(85)64-29-48(82)83/h10-12,15-16,32-35,37-45,49-50,63,76-77H,9,13-14,17-31H2,1-8H3,(H,64,85)(H,65,91)(H,66,92)(H,67,86)(H,68,93)(H,69,84)(H,70,87)(H,71,90)(H,72,89)(H,73,88)(H,74,94)(H,78,79)(H,80,81)(H,82,83)/t34-,35-,37-,38-,39-,40-,41-,42-,43-,44-,45-,49-,50-/m0/s1. The number of nitrogens with one attached hydrogen (secondary N) is 12. The number of hydrogen-bond acceptors (Lipinski definition) is 19. The zero-order valence-corrected chi connectivity index (χ0v) is 56.3. The van der Waals surface area contributed by atoms with Crippen LogP contribution in [-0.4, -0.2) is 237 Å². The Morgan fingerprint density at radius 2 is 1.04 bits per heavy atom. The molecule has 34 heteroatoms. The fourth-order valence-electron chi connectivity index (χ4n) is 10.4. The van der Waals surface area contributed by atoms with E-state index in [0.717, 1.165) is 6.42 Å². The number of benzene rings is 1. The van der Waals surface area contributed by atoms with Crippen LogP contribution in [0.15, 0.2) is 30.3 Å². The van der Waals surface area contributed by atoms with Crippen molar-refractivity contribution in [1.29, 1.82) is 0 Å². The molecule has 17 N–H and O–H groups in total. The molecule has 33 nitrogen and oxygen atoms in total. The summed E-state index contributed by atoms with van der Waals surface area (Å²) >= 11 is 1.35. The number of thioether (sulfide) groups is 1. The first-order chi connectivity index (χ1) is 45.3. The molecular formula is C62H97N13O20S. The molecule has 0 spiro atoms. The molecular weight excluding hydrogens is 1280 g/mol. The minimum atomic E-state index is -1.78. The zero-order valence-electron chi connectivity index (χ0n) is 55.5. The molecule has 2 fully saturated rings. The Labute approximate surface area is 561 Å². The van der Waals surface area contributed by atoms with Gasteiger partial charge < -0.3 is 94.2 Å². The van der Waals surface area contributed by atoms with Crippen molar-refractivity contribution < 1.29 is 97.5 Å². The summed E-state index contributed by atoms with van der Waals surface area (Å²) in [4.78, 5) is 201. The summed E-state index contributed by atoms with van der Waals surface area (Å²) in [6.45, 7) is 9.13. The molecule has 2 aliphatic heterocycles. The van der Waals surface area contributed by atoms with Crippen molar-refractivity contribution in [3.8, 4) is 0 Å². The number of carboxylic acids is 3. The van der Waals surface area contributed by atoms with Crippen molar-refractivity contribution in [3.63, 3.8) is 0 Å². The first-order valence-corrected chi connectivity index (χ1v) is 33.5. The first-order valence-electron chi connectivity index (χ1n) is 32.1. The molecule has 0 saturated carbocycles. The van der Waals surface area contributed by atoms with Gasteiger partial charge in [-0.15, -0.1) is 0 Å². The predicted octanol–water partition coefficient (Wildman–Crippen LogP) is -3.74. The van der Waals surface area contributed by atoms with Crippen molar-refractivity contribution in [1.82, 2.24) is 68.7 Å². The van der Waals surface area contributed by atoms with Gasteiger partial charge in [-0.2, -0.15) is 11.8 Å². The van der Waals surface area contributed by atoms with E-state index >= 15 is 0 Å². The molecule has 2 heterocycles. The smallest absolute Gasteiger partial charge is 0.322 e. The molecule has 2 saturated heterocycles. The Morgan fingerprint density at radius 1 is 0.542 bits per heavy atom. The third kappa shape index (κ3) is 27.3. The second kappa shape index (κ2) is 41.5. The lowest BCUT2D eigenvalue weighted by atomic mass is 9.95. The minimum absolute atomic E-state index is 0.0260. The van der Waals surface area contributed by atoms with Crippen molar-refractivity contribution in [3.05, 3.63) is 35.9 Å². The Morgan fingerprint density at radius 3 is 1.57 bits per heavy atom. The summed E-state index contributed by atoms with van der Waals surface area (Å²) in [5.74, 6) is -15.6. The normalized spacial score (nSPS) is 17.8. The lowest BCUT2D eigenvalue weighted by Gasteiger charge is -2.33. The maximum absolute atomic E-state index is 14.7. The number of amides is 12. The van der Waals surface area contributed by atoms with E-state index in [9.17, 15) is 87.2 Å². The van der Waals surface area contributed by atoms with Crippen LogP contribution in [0.3, 0.4) is 0 Å². The summed E-state index contributed by atoms with van der Waals surface area (Å²) < 4.78 is 0. The Balaban J connectivity index is 1.80. The fraction of sp³-hybridized carbons (Fsp3) is 0.661. The molecule has 536 valence electrons. The zero-order chi connectivity index (χ0) is 71.9. The summed E-state index contributed by atoms with van der Waals surface area (Å²) in [6, 6.07) is -7.98. The molecule has 2 aliphatic rings. The summed E-state index contributed by atoms with van der Waals surface area (Å²) in [7, 11) is 0. The van der Waals surface area contributed by atoms with Gasteiger partial charge in [-0.05, 0) is 100 Å². The van der Waals surface area contributed by atoms with Gasteiger partial charge in [0, 0.05) is 25.8 Å². The highest BCUT2D eigenvalue weighted by Crippen LogP contribution is 2.23. The van der Waals surface area contributed by atoms with Gasteiger partial charge in [0.15, 0.2) is 0 Å². The van der Waals surface area contributed by atoms with Crippen molar-refractivity contribution in [2.24, 2.45) is 17.8 Å². The molecule has 0 aliphatic carbocycles. The molecule has 0 bridgehead atoms. The number of hydrogen-bond donors (Lipinski definition) is 17. The van der Waals surface area contributed by atoms with Crippen LogP contribution in [-0.2, 0) is 78.3 Å². The third-order valence-corrected chi connectivity index (χ3v) is 16.7. The van der Waals surface area contributed by atoms with E-state index in [1.807, 2.05) is 5.32 Å². The molecule has 12 amide bonds. The van der Waals surface area contributed by atoms with Gasteiger partial charge in [-0.3, -0.25) is 71.9 Å². The van der Waals surface area contributed by atoms with Gasteiger partial charge in [-0.1, -0.05) is 78.3 Å². The van der Waals surface area contributed by atoms with Crippen LogP contribution in [0.4, 0.5) is 0 Å². The van der Waals surface area contributed by atoms with Gasteiger partial charge in [0.1, 0.15) is 73.0 Å². The average molecular weight is 1380 g/mol. The molecule has 0 unspecified atom stereocenters. The predicted molar refractivity (Wildman–Crippen MR) is 346 cm³/mol. The van der Waals surface area contributed by atoms with E-state index in [1.54, 1.807) is 78.1 Å². The number of nitrogens with zero attached hydrogens (tertiary/aromatic N) is 1. The third-order valence-electron chi connectivity index (χ3n) is 16.1. The maximum atomic E-state index is 14.7. The molecule has 3 rings (SSSR count). The largest absolute Gasteiger partial charge is 0.481 e. The van der Waals surface area contributed by atoms with Crippen molar-refractivity contribution in [2.45, 2.75) is 198 Å².